The van der Waals surface area contributed by atoms with Gasteiger partial charge in [-0.25, -0.2) is 14.6 Å². The van der Waals surface area contributed by atoms with E-state index in [0.717, 1.165) is 11.0 Å². The molecule has 1 atom stereocenters. The molecule has 1 unspecified atom stereocenters. The Hall–Kier alpha value is -4.09. The smallest absolute Gasteiger partial charge is 0.333 e. The molecule has 0 bridgehead atoms. The van der Waals surface area contributed by atoms with Crippen LogP contribution in [0.25, 0.3) is 33.5 Å². The maximum Gasteiger partial charge on any atom is 0.333 e. The summed E-state index contributed by atoms with van der Waals surface area (Å²) in [7, 11) is 1.87. The van der Waals surface area contributed by atoms with E-state index >= 15 is 0 Å². The molecule has 0 radical (unpaired) electrons. The number of hydrogen-bond acceptors (Lipinski definition) is 7. The third-order valence-electron chi connectivity index (χ3n) is 5.09. The maximum atomic E-state index is 13.6. The van der Waals surface area contributed by atoms with Crippen LogP contribution in [0.3, 0.4) is 0 Å². The molecule has 5 heterocycles. The minimum atomic E-state index is -2.78. The van der Waals surface area contributed by atoms with Crippen molar-refractivity contribution >= 4 is 34.0 Å². The van der Waals surface area contributed by atoms with Gasteiger partial charge in [0.05, 0.1) is 34.8 Å². The van der Waals surface area contributed by atoms with Gasteiger partial charge in [0.1, 0.15) is 5.52 Å². The predicted molar refractivity (Wildman–Crippen MR) is 111 cm³/mol. The Morgan fingerprint density at radius 3 is 2.84 bits per heavy atom. The third kappa shape index (κ3) is 3.12. The number of aryl methyl sites for hydroxylation is 1. The zero-order chi connectivity index (χ0) is 21.7. The number of nitrogens with two attached hydrogens (primary N) is 1. The first-order valence-corrected chi connectivity index (χ1v) is 9.43. The van der Waals surface area contributed by atoms with Gasteiger partial charge < -0.3 is 20.6 Å². The third-order valence-corrected chi connectivity index (χ3v) is 5.09. The van der Waals surface area contributed by atoms with Crippen LogP contribution < -0.4 is 11.1 Å². The monoisotopic (exact) mass is 424 g/mol. The normalized spacial score (nSPS) is 12.8. The highest BCUT2D eigenvalue weighted by Crippen LogP contribution is 2.34. The van der Waals surface area contributed by atoms with E-state index < -0.39 is 12.6 Å². The van der Waals surface area contributed by atoms with Gasteiger partial charge in [0.15, 0.2) is 11.5 Å². The molecule has 0 saturated heterocycles. The number of nitrogen functional groups attached to an aromatic ring is 1. The lowest BCUT2D eigenvalue weighted by Crippen LogP contribution is -2.14. The Balaban J connectivity index is 1.66. The summed E-state index contributed by atoms with van der Waals surface area (Å²) in [6.45, 7) is -0.916. The average Bonchev–Trinajstić information content (AvgIpc) is 3.46. The van der Waals surface area contributed by atoms with Gasteiger partial charge in [0.2, 0.25) is 5.95 Å². The zero-order valence-corrected chi connectivity index (χ0v) is 16.6. The highest BCUT2D eigenvalue weighted by atomic mass is 19.3. The quantitative estimate of drug-likeness (QED) is 0.395. The number of nitrogens with zero attached hydrogens (tertiary/aromatic N) is 7. The molecule has 0 spiro atoms. The SMILES string of the molecule is CC(Nc1nc(N)nc2nc[nH]c12)c1nc2ccn(C)c2cc1-c1ccnn1C(F)F. The molecule has 10 nitrogen and oxygen atoms in total. The lowest BCUT2D eigenvalue weighted by Gasteiger charge is -2.19. The number of pyridine rings is 1. The number of anilines is 2. The van der Waals surface area contributed by atoms with Crippen LogP contribution in [0.4, 0.5) is 20.5 Å². The highest BCUT2D eigenvalue weighted by molar-refractivity contribution is 5.85. The van der Waals surface area contributed by atoms with Gasteiger partial charge in [-0.05, 0) is 25.1 Å². The fourth-order valence-electron chi connectivity index (χ4n) is 3.65. The van der Waals surface area contributed by atoms with Crippen LogP contribution >= 0.6 is 0 Å². The number of rotatable bonds is 5. The van der Waals surface area contributed by atoms with Gasteiger partial charge in [-0.15, -0.1) is 0 Å². The van der Waals surface area contributed by atoms with Crippen LogP contribution in [0.5, 0.6) is 0 Å². The molecule has 0 aromatic carbocycles. The van der Waals surface area contributed by atoms with Crippen molar-refractivity contribution in [1.29, 1.82) is 0 Å². The van der Waals surface area contributed by atoms with E-state index in [4.69, 9.17) is 10.7 Å². The Labute approximate surface area is 174 Å². The van der Waals surface area contributed by atoms with Gasteiger partial charge in [-0.2, -0.15) is 23.8 Å². The summed E-state index contributed by atoms with van der Waals surface area (Å²) in [6.07, 6.45) is 4.71. The Kier molecular flexibility index (Phi) is 4.27. The van der Waals surface area contributed by atoms with Crippen LogP contribution in [0, 0.1) is 0 Å². The first-order chi connectivity index (χ1) is 14.9. The van der Waals surface area contributed by atoms with Crippen molar-refractivity contribution < 1.29 is 8.78 Å². The number of alkyl halides is 2. The fraction of sp³-hybridized carbons (Fsp3) is 0.211. The minimum absolute atomic E-state index is 0.0665. The standard InChI is InChI=1S/C19H18F2N10/c1-9(26-17-15-16(24-8-23-15)28-19(22)29-17)14-10(12-3-5-25-31(12)18(20)21)7-13-11(27-14)4-6-30(13)2/h3-9,18H,1-2H3,(H4,22,23,24,26,28,29). The Morgan fingerprint density at radius 2 is 2.03 bits per heavy atom. The van der Waals surface area contributed by atoms with Crippen molar-refractivity contribution in [2.24, 2.45) is 7.05 Å². The van der Waals surface area contributed by atoms with Crippen LogP contribution in [-0.4, -0.2) is 39.3 Å². The number of halogens is 2. The summed E-state index contributed by atoms with van der Waals surface area (Å²) in [5, 5.41) is 7.04. The molecule has 0 saturated carbocycles. The van der Waals surface area contributed by atoms with Gasteiger partial charge in [-0.1, -0.05) is 0 Å². The predicted octanol–water partition coefficient (Wildman–Crippen LogP) is 3.25. The molecule has 0 amide bonds. The van der Waals surface area contributed by atoms with Gasteiger partial charge in [0.25, 0.3) is 0 Å². The van der Waals surface area contributed by atoms with E-state index in [1.165, 1.54) is 12.5 Å². The van der Waals surface area contributed by atoms with Crippen molar-refractivity contribution in [3.8, 4) is 11.3 Å². The first kappa shape index (κ1) is 18.9. The van der Waals surface area contributed by atoms with E-state index in [-0.39, 0.29) is 11.6 Å². The molecule has 158 valence electrons. The molecule has 0 aliphatic rings. The fourth-order valence-corrected chi connectivity index (χ4v) is 3.65. The summed E-state index contributed by atoms with van der Waals surface area (Å²) in [5.74, 6) is 0.507. The average molecular weight is 424 g/mol. The number of hydrogen-bond donors (Lipinski definition) is 3. The van der Waals surface area contributed by atoms with Crippen LogP contribution in [-0.2, 0) is 7.05 Å². The Bertz CT molecular complexity index is 1400. The van der Waals surface area contributed by atoms with E-state index in [9.17, 15) is 8.78 Å². The molecule has 0 fully saturated rings. The van der Waals surface area contributed by atoms with Crippen LogP contribution in [0.1, 0.15) is 25.2 Å². The minimum Gasteiger partial charge on any atom is -0.368 e. The summed E-state index contributed by atoms with van der Waals surface area (Å²) in [5.41, 5.74) is 9.73. The molecule has 5 aromatic rings. The van der Waals surface area contributed by atoms with Crippen LogP contribution in [0.2, 0.25) is 0 Å². The number of imidazole rings is 1. The molecule has 5 rings (SSSR count). The number of nitrogens with one attached hydrogen (secondary N) is 2. The molecular formula is C19H18F2N10. The molecule has 12 heteroatoms. The van der Waals surface area contributed by atoms with Crippen molar-refractivity contribution in [3.05, 3.63) is 42.6 Å². The molecular weight excluding hydrogens is 406 g/mol. The second-order valence-electron chi connectivity index (χ2n) is 7.09. The van der Waals surface area contributed by atoms with E-state index in [1.807, 2.05) is 36.9 Å². The van der Waals surface area contributed by atoms with E-state index in [0.29, 0.717) is 32.9 Å². The van der Waals surface area contributed by atoms with Crippen molar-refractivity contribution in [2.75, 3.05) is 11.1 Å². The van der Waals surface area contributed by atoms with Crippen molar-refractivity contribution in [1.82, 2.24) is 39.3 Å². The summed E-state index contributed by atoms with van der Waals surface area (Å²) >= 11 is 0. The second-order valence-corrected chi connectivity index (χ2v) is 7.09. The lowest BCUT2D eigenvalue weighted by atomic mass is 10.0. The second kappa shape index (κ2) is 7.00. The number of fused-ring (bicyclic) bond motifs is 2. The topological polar surface area (TPSA) is 128 Å². The summed E-state index contributed by atoms with van der Waals surface area (Å²) < 4.78 is 29.7. The van der Waals surface area contributed by atoms with Gasteiger partial charge in [0, 0.05) is 25.0 Å². The molecule has 0 aliphatic carbocycles. The van der Waals surface area contributed by atoms with Crippen molar-refractivity contribution in [2.45, 2.75) is 19.5 Å². The highest BCUT2D eigenvalue weighted by Gasteiger charge is 2.23. The Morgan fingerprint density at radius 1 is 1.19 bits per heavy atom. The maximum absolute atomic E-state index is 13.6. The van der Waals surface area contributed by atoms with Crippen molar-refractivity contribution in [3.63, 3.8) is 0 Å². The lowest BCUT2D eigenvalue weighted by molar-refractivity contribution is 0.0585. The number of H-pyrrole nitrogens is 1. The molecule has 0 aliphatic heterocycles. The summed E-state index contributed by atoms with van der Waals surface area (Å²) in [6, 6.07) is 4.84. The van der Waals surface area contributed by atoms with Gasteiger partial charge in [-0.3, -0.25) is 0 Å². The molecule has 31 heavy (non-hydrogen) atoms. The molecule has 5 aromatic heterocycles. The van der Waals surface area contributed by atoms with E-state index in [2.05, 4.69) is 30.4 Å². The molecule has 4 N–H and O–H groups in total. The first-order valence-electron chi connectivity index (χ1n) is 9.43. The van der Waals surface area contributed by atoms with E-state index in [1.54, 1.807) is 6.07 Å². The van der Waals surface area contributed by atoms with Crippen LogP contribution in [0.15, 0.2) is 36.9 Å². The summed E-state index contributed by atoms with van der Waals surface area (Å²) in [4.78, 5) is 20.2. The zero-order valence-electron chi connectivity index (χ0n) is 16.6. The largest absolute Gasteiger partial charge is 0.368 e. The number of aromatic nitrogens is 8. The van der Waals surface area contributed by atoms with Gasteiger partial charge >= 0.3 is 6.55 Å². The number of aromatic amines is 1.